The smallest absolute Gasteiger partial charge is 0.0397 e. The molecule has 1 aromatic heterocycles. The van der Waals surface area contributed by atoms with Gasteiger partial charge in [-0.05, 0) is 69.8 Å². The molecule has 0 radical (unpaired) electrons. The maximum absolute atomic E-state index is 2.38. The van der Waals surface area contributed by atoms with Crippen LogP contribution in [0.4, 0.5) is 0 Å². The highest BCUT2D eigenvalue weighted by molar-refractivity contribution is 7.26. The van der Waals surface area contributed by atoms with Gasteiger partial charge in [0.25, 0.3) is 0 Å². The van der Waals surface area contributed by atoms with Gasteiger partial charge in [0.15, 0.2) is 0 Å². The Balaban J connectivity index is 1.86. The van der Waals surface area contributed by atoms with Crippen molar-refractivity contribution >= 4 is 53.1 Å². The van der Waals surface area contributed by atoms with Crippen LogP contribution >= 0.6 is 11.3 Å². The molecule has 6 rings (SSSR count). The van der Waals surface area contributed by atoms with Crippen molar-refractivity contribution in [3.05, 3.63) is 96.1 Å². The van der Waals surface area contributed by atoms with Crippen molar-refractivity contribution in [2.45, 2.75) is 13.8 Å². The Bertz CT molecular complexity index is 1570. The summed E-state index contributed by atoms with van der Waals surface area (Å²) < 4.78 is 2.78. The summed E-state index contributed by atoms with van der Waals surface area (Å²) in [7, 11) is 0. The second-order valence-corrected chi connectivity index (χ2v) is 8.91. The van der Waals surface area contributed by atoms with Crippen LogP contribution in [0.15, 0.2) is 84.9 Å². The third kappa shape index (κ3) is 2.38. The molecule has 0 saturated heterocycles. The second kappa shape index (κ2) is 6.17. The molecule has 29 heavy (non-hydrogen) atoms. The summed E-state index contributed by atoms with van der Waals surface area (Å²) in [6, 6.07) is 31.1. The largest absolute Gasteiger partial charge is 0.135 e. The van der Waals surface area contributed by atoms with Crippen LogP contribution in [0.3, 0.4) is 0 Å². The zero-order valence-electron chi connectivity index (χ0n) is 16.5. The van der Waals surface area contributed by atoms with Gasteiger partial charge in [-0.25, -0.2) is 0 Å². The number of aryl methyl sites for hydroxylation is 2. The van der Waals surface area contributed by atoms with Gasteiger partial charge in [0.2, 0.25) is 0 Å². The van der Waals surface area contributed by atoms with Gasteiger partial charge in [-0.15, -0.1) is 11.3 Å². The molecule has 0 nitrogen and oxygen atoms in total. The third-order valence-corrected chi connectivity index (χ3v) is 7.42. The van der Waals surface area contributed by atoms with Crippen molar-refractivity contribution in [2.24, 2.45) is 0 Å². The molecule has 0 N–H and O–H groups in total. The molecular formula is C28H20S. The van der Waals surface area contributed by atoms with E-state index in [1.807, 2.05) is 11.3 Å². The lowest BCUT2D eigenvalue weighted by Gasteiger charge is -2.15. The van der Waals surface area contributed by atoms with Crippen molar-refractivity contribution < 1.29 is 0 Å². The minimum absolute atomic E-state index is 1.31. The van der Waals surface area contributed by atoms with Crippen molar-refractivity contribution in [2.75, 3.05) is 0 Å². The summed E-state index contributed by atoms with van der Waals surface area (Å²) in [5, 5.41) is 8.10. The van der Waals surface area contributed by atoms with Crippen LogP contribution in [0.1, 0.15) is 11.1 Å². The van der Waals surface area contributed by atoms with E-state index in [2.05, 4.69) is 98.8 Å². The van der Waals surface area contributed by atoms with E-state index in [9.17, 15) is 0 Å². The Morgan fingerprint density at radius 1 is 0.621 bits per heavy atom. The monoisotopic (exact) mass is 388 g/mol. The maximum Gasteiger partial charge on any atom is 0.0397 e. The fourth-order valence-corrected chi connectivity index (χ4v) is 6.00. The molecule has 0 fully saturated rings. The lowest BCUT2D eigenvalue weighted by Crippen LogP contribution is -1.90. The van der Waals surface area contributed by atoms with Crippen LogP contribution in [0.2, 0.25) is 0 Å². The molecule has 0 spiro atoms. The Kier molecular flexibility index (Phi) is 3.57. The number of hydrogen-bond donors (Lipinski definition) is 0. The predicted molar refractivity (Wildman–Crippen MR) is 129 cm³/mol. The average Bonchev–Trinajstić information content (AvgIpc) is 3.12. The number of thiophene rings is 1. The van der Waals surface area contributed by atoms with Gasteiger partial charge in [-0.3, -0.25) is 0 Å². The molecular weight excluding hydrogens is 368 g/mol. The minimum Gasteiger partial charge on any atom is -0.135 e. The van der Waals surface area contributed by atoms with Crippen molar-refractivity contribution in [3.8, 4) is 11.1 Å². The molecule has 0 atom stereocenters. The Labute approximate surface area is 174 Å². The van der Waals surface area contributed by atoms with Gasteiger partial charge in [0.05, 0.1) is 0 Å². The Morgan fingerprint density at radius 3 is 2.07 bits per heavy atom. The van der Waals surface area contributed by atoms with Gasteiger partial charge >= 0.3 is 0 Å². The van der Waals surface area contributed by atoms with E-state index in [4.69, 9.17) is 0 Å². The molecule has 0 aliphatic rings. The molecule has 0 saturated carbocycles. The molecule has 1 heteroatoms. The topological polar surface area (TPSA) is 0 Å². The van der Waals surface area contributed by atoms with Crippen LogP contribution in [0, 0.1) is 13.8 Å². The molecule has 0 aliphatic carbocycles. The summed E-state index contributed by atoms with van der Waals surface area (Å²) in [5.41, 5.74) is 5.43. The lowest BCUT2D eigenvalue weighted by atomic mass is 9.89. The Morgan fingerprint density at radius 2 is 1.28 bits per heavy atom. The van der Waals surface area contributed by atoms with E-state index in [1.54, 1.807) is 0 Å². The Hall–Kier alpha value is -3.16. The highest BCUT2D eigenvalue weighted by Gasteiger charge is 2.18. The summed E-state index contributed by atoms with van der Waals surface area (Å²) >= 11 is 1.93. The second-order valence-electron chi connectivity index (χ2n) is 7.86. The minimum atomic E-state index is 1.31. The lowest BCUT2D eigenvalue weighted by molar-refractivity contribution is 1.45. The van der Waals surface area contributed by atoms with E-state index < -0.39 is 0 Å². The average molecular weight is 389 g/mol. The molecule has 0 amide bonds. The summed E-state index contributed by atoms with van der Waals surface area (Å²) in [6.45, 7) is 4.51. The maximum atomic E-state index is 2.38. The standard InChI is InChI=1S/C28H20S/c1-17-9-3-6-12-21(17)26-18(2)28-27(23-14-8-7-13-22(23)26)24-15-19-10-4-5-11-20(19)16-25(24)29-28/h3-16H,1-2H3. The highest BCUT2D eigenvalue weighted by Crippen LogP contribution is 2.46. The van der Waals surface area contributed by atoms with Crippen molar-refractivity contribution in [1.82, 2.24) is 0 Å². The number of hydrogen-bond acceptors (Lipinski definition) is 1. The first-order valence-corrected chi connectivity index (χ1v) is 10.9. The van der Waals surface area contributed by atoms with E-state index in [0.29, 0.717) is 0 Å². The molecule has 0 bridgehead atoms. The van der Waals surface area contributed by atoms with Crippen molar-refractivity contribution in [1.29, 1.82) is 0 Å². The van der Waals surface area contributed by atoms with Crippen molar-refractivity contribution in [3.63, 3.8) is 0 Å². The first-order chi connectivity index (χ1) is 14.2. The molecule has 5 aromatic carbocycles. The fourth-order valence-electron chi connectivity index (χ4n) is 4.75. The quantitative estimate of drug-likeness (QED) is 0.264. The van der Waals surface area contributed by atoms with Crippen LogP contribution in [0.25, 0.3) is 52.8 Å². The third-order valence-electron chi connectivity index (χ3n) is 6.15. The van der Waals surface area contributed by atoms with Crippen LogP contribution in [-0.2, 0) is 0 Å². The van der Waals surface area contributed by atoms with Gasteiger partial charge in [-0.2, -0.15) is 0 Å². The number of benzene rings is 5. The summed E-state index contributed by atoms with van der Waals surface area (Å²) in [4.78, 5) is 0. The molecule has 1 heterocycles. The van der Waals surface area contributed by atoms with Crippen LogP contribution in [-0.4, -0.2) is 0 Å². The zero-order chi connectivity index (χ0) is 19.5. The van der Waals surface area contributed by atoms with Crippen LogP contribution < -0.4 is 0 Å². The molecule has 138 valence electrons. The zero-order valence-corrected chi connectivity index (χ0v) is 17.3. The van der Waals surface area contributed by atoms with Gasteiger partial charge in [0, 0.05) is 20.2 Å². The summed E-state index contributed by atoms with van der Waals surface area (Å²) in [5.74, 6) is 0. The molecule has 0 aliphatic heterocycles. The van der Waals surface area contributed by atoms with Crippen LogP contribution in [0.5, 0.6) is 0 Å². The van der Waals surface area contributed by atoms with E-state index in [-0.39, 0.29) is 0 Å². The molecule has 0 unspecified atom stereocenters. The first-order valence-electron chi connectivity index (χ1n) is 10.0. The highest BCUT2D eigenvalue weighted by atomic mass is 32.1. The van der Waals surface area contributed by atoms with E-state index in [0.717, 1.165) is 0 Å². The normalized spacial score (nSPS) is 11.8. The fraction of sp³-hybridized carbons (Fsp3) is 0.0714. The molecule has 6 aromatic rings. The SMILES string of the molecule is Cc1ccccc1-c1c(C)c2sc3cc4ccccc4cc3c2c2ccccc12. The number of rotatable bonds is 1. The van der Waals surface area contributed by atoms with E-state index in [1.165, 1.54) is 64.0 Å². The number of fused-ring (bicyclic) bond motifs is 6. The predicted octanol–water partition coefficient (Wildman–Crippen LogP) is 8.64. The van der Waals surface area contributed by atoms with Gasteiger partial charge in [0.1, 0.15) is 0 Å². The van der Waals surface area contributed by atoms with Gasteiger partial charge < -0.3 is 0 Å². The summed E-state index contributed by atoms with van der Waals surface area (Å²) in [6.07, 6.45) is 0. The van der Waals surface area contributed by atoms with E-state index >= 15 is 0 Å². The van der Waals surface area contributed by atoms with Gasteiger partial charge in [-0.1, -0.05) is 72.8 Å². The first kappa shape index (κ1) is 16.8.